The summed E-state index contributed by atoms with van der Waals surface area (Å²) in [4.78, 5) is 12.8. The Bertz CT molecular complexity index is 169. The molecule has 1 amide bonds. The average Bonchev–Trinajstić information content (AvgIpc) is 2.01. The van der Waals surface area contributed by atoms with Gasteiger partial charge in [0.15, 0.2) is 0 Å². The van der Waals surface area contributed by atoms with E-state index in [0.29, 0.717) is 19.2 Å². The Morgan fingerprint density at radius 1 is 1.62 bits per heavy atom. The van der Waals surface area contributed by atoms with Gasteiger partial charge in [-0.05, 0) is 25.8 Å². The molecule has 1 rings (SSSR count). The number of hydrogen-bond acceptors (Lipinski definition) is 3. The lowest BCUT2D eigenvalue weighted by molar-refractivity contribution is 0.0767. The fourth-order valence-electron chi connectivity index (χ4n) is 1.26. The van der Waals surface area contributed by atoms with Crippen molar-refractivity contribution in [2.45, 2.75) is 19.3 Å². The summed E-state index contributed by atoms with van der Waals surface area (Å²) >= 11 is 0. The second-order valence-corrected chi connectivity index (χ2v) is 3.58. The Kier molecular flexibility index (Phi) is 4.02. The van der Waals surface area contributed by atoms with E-state index in [2.05, 4.69) is 5.32 Å². The minimum atomic E-state index is -0.235. The number of amides is 1. The van der Waals surface area contributed by atoms with Crippen molar-refractivity contribution >= 4 is 6.09 Å². The van der Waals surface area contributed by atoms with Crippen LogP contribution in [0.4, 0.5) is 4.79 Å². The van der Waals surface area contributed by atoms with E-state index in [1.807, 2.05) is 0 Å². The fraction of sp³-hybridized carbons (Fsp3) is 0.889. The van der Waals surface area contributed by atoms with Crippen LogP contribution >= 0.6 is 0 Å². The summed E-state index contributed by atoms with van der Waals surface area (Å²) in [6, 6.07) is 0. The molecule has 0 aromatic rings. The molecule has 0 radical (unpaired) electrons. The molecule has 1 aliphatic rings. The zero-order chi connectivity index (χ0) is 9.68. The third-order valence-electron chi connectivity index (χ3n) is 2.37. The number of hydrogen-bond donors (Lipinski definition) is 1. The van der Waals surface area contributed by atoms with Crippen LogP contribution in [0.25, 0.3) is 0 Å². The smallest absolute Gasteiger partial charge is 0.410 e. The minimum absolute atomic E-state index is 0.235. The lowest BCUT2D eigenvalue weighted by Crippen LogP contribution is -2.35. The quantitative estimate of drug-likeness (QED) is 0.667. The first-order valence-corrected chi connectivity index (χ1v) is 4.76. The molecule has 0 saturated heterocycles. The molecule has 0 atom stereocenters. The van der Waals surface area contributed by atoms with Gasteiger partial charge in [-0.3, -0.25) is 4.90 Å². The summed E-state index contributed by atoms with van der Waals surface area (Å²) in [7, 11) is 3.52. The largest absolute Gasteiger partial charge is 0.449 e. The van der Waals surface area contributed by atoms with E-state index in [-0.39, 0.29) is 6.09 Å². The number of carbonyl (C=O) groups excluding carboxylic acids is 1. The van der Waals surface area contributed by atoms with Crippen LogP contribution < -0.4 is 5.32 Å². The highest BCUT2D eigenvalue weighted by Gasteiger charge is 2.19. The molecular weight excluding hydrogens is 168 g/mol. The number of carbonyl (C=O) groups is 1. The maximum Gasteiger partial charge on any atom is 0.410 e. The van der Waals surface area contributed by atoms with Crippen molar-refractivity contribution in [2.75, 3.05) is 27.4 Å². The third-order valence-corrected chi connectivity index (χ3v) is 2.37. The van der Waals surface area contributed by atoms with Gasteiger partial charge in [-0.2, -0.15) is 0 Å². The molecule has 0 unspecified atom stereocenters. The Hall–Kier alpha value is -0.770. The first-order chi connectivity index (χ1) is 6.24. The minimum Gasteiger partial charge on any atom is -0.449 e. The average molecular weight is 186 g/mol. The molecule has 0 spiro atoms. The number of ether oxygens (including phenoxy) is 1. The molecule has 13 heavy (non-hydrogen) atoms. The summed E-state index contributed by atoms with van der Waals surface area (Å²) < 4.78 is 5.11. The maximum absolute atomic E-state index is 11.2. The highest BCUT2D eigenvalue weighted by molar-refractivity contribution is 5.67. The fourth-order valence-corrected chi connectivity index (χ4v) is 1.26. The Morgan fingerprint density at radius 3 is 2.77 bits per heavy atom. The van der Waals surface area contributed by atoms with Gasteiger partial charge in [-0.15, -0.1) is 0 Å². The molecule has 1 aliphatic carbocycles. The van der Waals surface area contributed by atoms with E-state index in [0.717, 1.165) is 0 Å². The second kappa shape index (κ2) is 5.07. The van der Waals surface area contributed by atoms with Crippen molar-refractivity contribution in [3.05, 3.63) is 0 Å². The molecule has 1 saturated carbocycles. The van der Waals surface area contributed by atoms with Crippen molar-refractivity contribution in [3.63, 3.8) is 0 Å². The number of nitrogens with one attached hydrogen (secondary N) is 1. The van der Waals surface area contributed by atoms with Gasteiger partial charge in [-0.25, -0.2) is 4.79 Å². The predicted octanol–water partition coefficient (Wildman–Crippen LogP) is 1.03. The second-order valence-electron chi connectivity index (χ2n) is 3.58. The highest BCUT2D eigenvalue weighted by atomic mass is 16.6. The van der Waals surface area contributed by atoms with Crippen LogP contribution in [0, 0.1) is 5.92 Å². The van der Waals surface area contributed by atoms with E-state index in [4.69, 9.17) is 4.74 Å². The number of nitrogens with zero attached hydrogens (tertiary/aromatic N) is 1. The monoisotopic (exact) mass is 186 g/mol. The van der Waals surface area contributed by atoms with Crippen LogP contribution in [0.3, 0.4) is 0 Å². The van der Waals surface area contributed by atoms with Crippen molar-refractivity contribution < 1.29 is 9.53 Å². The van der Waals surface area contributed by atoms with Gasteiger partial charge in [0, 0.05) is 7.05 Å². The van der Waals surface area contributed by atoms with Crippen molar-refractivity contribution in [1.29, 1.82) is 0 Å². The number of rotatable bonds is 4. The molecular formula is C9H18N2O2. The van der Waals surface area contributed by atoms with Crippen LogP contribution in [0.1, 0.15) is 19.3 Å². The van der Waals surface area contributed by atoms with Crippen molar-refractivity contribution in [2.24, 2.45) is 5.92 Å². The summed E-state index contributed by atoms with van der Waals surface area (Å²) in [5.74, 6) is 0.618. The molecule has 1 fully saturated rings. The molecule has 4 heteroatoms. The molecule has 0 aliphatic heterocycles. The normalized spacial score (nSPS) is 16.5. The van der Waals surface area contributed by atoms with E-state index < -0.39 is 0 Å². The molecule has 1 N–H and O–H groups in total. The standard InChI is InChI=1S/C9H18N2O2/c1-10-7-11(2)9(12)13-6-8-4-3-5-8/h8,10H,3-7H2,1-2H3. The third kappa shape index (κ3) is 3.22. The van der Waals surface area contributed by atoms with Crippen LogP contribution in [0.15, 0.2) is 0 Å². The van der Waals surface area contributed by atoms with Gasteiger partial charge >= 0.3 is 6.09 Å². The van der Waals surface area contributed by atoms with Gasteiger partial charge in [0.05, 0.1) is 13.3 Å². The molecule has 0 aromatic heterocycles. The molecule has 0 bridgehead atoms. The highest BCUT2D eigenvalue weighted by Crippen LogP contribution is 2.26. The van der Waals surface area contributed by atoms with Crippen LogP contribution in [-0.2, 0) is 4.74 Å². The van der Waals surface area contributed by atoms with Gasteiger partial charge in [-0.1, -0.05) is 6.42 Å². The zero-order valence-corrected chi connectivity index (χ0v) is 8.38. The first-order valence-electron chi connectivity index (χ1n) is 4.76. The maximum atomic E-state index is 11.2. The summed E-state index contributed by atoms with van der Waals surface area (Å²) in [6.07, 6.45) is 3.47. The van der Waals surface area contributed by atoms with Crippen LogP contribution in [0.5, 0.6) is 0 Å². The summed E-state index contributed by atoms with van der Waals surface area (Å²) in [6.45, 7) is 1.12. The summed E-state index contributed by atoms with van der Waals surface area (Å²) in [5, 5.41) is 2.89. The molecule has 0 aromatic carbocycles. The topological polar surface area (TPSA) is 41.6 Å². The van der Waals surface area contributed by atoms with E-state index in [9.17, 15) is 4.79 Å². The SMILES string of the molecule is CNCN(C)C(=O)OCC1CCC1. The van der Waals surface area contributed by atoms with Crippen LogP contribution in [0.2, 0.25) is 0 Å². The van der Waals surface area contributed by atoms with Crippen LogP contribution in [-0.4, -0.2) is 38.4 Å². The van der Waals surface area contributed by atoms with E-state index in [1.54, 1.807) is 14.1 Å². The molecule has 4 nitrogen and oxygen atoms in total. The van der Waals surface area contributed by atoms with Gasteiger partial charge in [0.2, 0.25) is 0 Å². The van der Waals surface area contributed by atoms with Crippen molar-refractivity contribution in [3.8, 4) is 0 Å². The first kappa shape index (κ1) is 10.3. The lowest BCUT2D eigenvalue weighted by Gasteiger charge is -2.25. The molecule has 76 valence electrons. The summed E-state index contributed by atoms with van der Waals surface area (Å²) in [5.41, 5.74) is 0. The van der Waals surface area contributed by atoms with E-state index >= 15 is 0 Å². The predicted molar refractivity (Wildman–Crippen MR) is 50.4 cm³/mol. The van der Waals surface area contributed by atoms with Gasteiger partial charge in [0.1, 0.15) is 0 Å². The lowest BCUT2D eigenvalue weighted by atomic mass is 9.86. The van der Waals surface area contributed by atoms with Gasteiger partial charge < -0.3 is 10.1 Å². The van der Waals surface area contributed by atoms with E-state index in [1.165, 1.54) is 24.2 Å². The molecule has 0 heterocycles. The Labute approximate surface area is 79.2 Å². The van der Waals surface area contributed by atoms with Gasteiger partial charge in [0.25, 0.3) is 0 Å². The zero-order valence-electron chi connectivity index (χ0n) is 8.38. The Balaban J connectivity index is 2.08. The van der Waals surface area contributed by atoms with Crippen molar-refractivity contribution in [1.82, 2.24) is 10.2 Å². The Morgan fingerprint density at radius 2 is 2.31 bits per heavy atom.